The van der Waals surface area contributed by atoms with Crippen molar-refractivity contribution >= 4 is 11.9 Å². The third-order valence-electron chi connectivity index (χ3n) is 11.0. The summed E-state index contributed by atoms with van der Waals surface area (Å²) in [6.45, 7) is 8.75. The Bertz CT molecular complexity index is 1680. The number of carbonyl (C=O) groups excluding carboxylic acids is 2. The molecule has 0 fully saturated rings. The van der Waals surface area contributed by atoms with Gasteiger partial charge in [0.25, 0.3) is 0 Å². The highest BCUT2D eigenvalue weighted by atomic mass is 16.5. The number of carbonyl (C=O) groups is 2. The van der Waals surface area contributed by atoms with E-state index in [9.17, 15) is 9.59 Å². The lowest BCUT2D eigenvalue weighted by molar-refractivity contribution is -0.132. The lowest BCUT2D eigenvalue weighted by Crippen LogP contribution is -2.04. The minimum absolute atomic E-state index is 0.387. The number of ether oxygens (including phenoxy) is 5. The van der Waals surface area contributed by atoms with Crippen LogP contribution in [0.2, 0.25) is 0 Å². The third-order valence-corrected chi connectivity index (χ3v) is 11.0. The molecular weight excluding hydrogens is 761 g/mol. The maximum absolute atomic E-state index is 11.9. The van der Waals surface area contributed by atoms with E-state index in [-0.39, 0.29) is 11.9 Å². The van der Waals surface area contributed by atoms with Crippen molar-refractivity contribution in [2.75, 3.05) is 13.2 Å². The van der Waals surface area contributed by atoms with Crippen LogP contribution in [0.4, 0.5) is 0 Å². The first kappa shape index (κ1) is 48.9. The molecule has 0 radical (unpaired) electrons. The van der Waals surface area contributed by atoms with Gasteiger partial charge in [0, 0.05) is 37.8 Å². The van der Waals surface area contributed by atoms with Crippen molar-refractivity contribution in [2.45, 2.75) is 169 Å². The zero-order valence-electron chi connectivity index (χ0n) is 37.9. The van der Waals surface area contributed by atoms with Gasteiger partial charge in [-0.15, -0.1) is 0 Å². The topological polar surface area (TPSA) is 80.3 Å². The minimum Gasteiger partial charge on any atom is -0.494 e. The van der Waals surface area contributed by atoms with Crippen LogP contribution >= 0.6 is 0 Å². The van der Waals surface area contributed by atoms with Crippen LogP contribution in [0, 0.1) is 0 Å². The molecule has 0 amide bonds. The second-order valence-electron chi connectivity index (χ2n) is 16.5. The normalized spacial score (nSPS) is 11.0. The van der Waals surface area contributed by atoms with Gasteiger partial charge in [-0.2, -0.15) is 0 Å². The Morgan fingerprint density at radius 3 is 1.03 bits per heavy atom. The molecule has 7 nitrogen and oxygen atoms in total. The van der Waals surface area contributed by atoms with E-state index in [4.69, 9.17) is 23.7 Å². The summed E-state index contributed by atoms with van der Waals surface area (Å²) in [4.78, 5) is 23.8. The van der Waals surface area contributed by atoms with E-state index in [0.29, 0.717) is 49.1 Å². The van der Waals surface area contributed by atoms with Crippen molar-refractivity contribution in [2.24, 2.45) is 0 Å². The molecule has 0 saturated heterocycles. The van der Waals surface area contributed by atoms with Gasteiger partial charge >= 0.3 is 11.9 Å². The molecule has 0 aromatic heterocycles. The van der Waals surface area contributed by atoms with Gasteiger partial charge in [0.15, 0.2) is 0 Å². The molecular formula is C54H74O7. The summed E-state index contributed by atoms with van der Waals surface area (Å²) >= 11 is 0. The zero-order chi connectivity index (χ0) is 43.3. The predicted octanol–water partition coefficient (Wildman–Crippen LogP) is 15.1. The molecule has 0 heterocycles. The molecule has 332 valence electrons. The Hall–Kier alpha value is -4.78. The van der Waals surface area contributed by atoms with Crippen molar-refractivity contribution in [1.82, 2.24) is 0 Å². The molecule has 0 aliphatic carbocycles. The Morgan fingerprint density at radius 1 is 0.393 bits per heavy atom. The summed E-state index contributed by atoms with van der Waals surface area (Å²) < 4.78 is 29.8. The summed E-state index contributed by atoms with van der Waals surface area (Å²) in [5, 5.41) is 0. The second kappa shape index (κ2) is 29.5. The van der Waals surface area contributed by atoms with Crippen LogP contribution in [0.1, 0.15) is 178 Å². The zero-order valence-corrected chi connectivity index (χ0v) is 37.9. The molecule has 0 atom stereocenters. The van der Waals surface area contributed by atoms with Gasteiger partial charge < -0.3 is 23.7 Å². The van der Waals surface area contributed by atoms with E-state index in [2.05, 4.69) is 38.1 Å². The monoisotopic (exact) mass is 835 g/mol. The van der Waals surface area contributed by atoms with Crippen LogP contribution in [-0.4, -0.2) is 25.2 Å². The smallest absolute Gasteiger partial charge is 0.308 e. The molecule has 0 saturated carbocycles. The summed E-state index contributed by atoms with van der Waals surface area (Å²) in [6, 6.07) is 27.2. The average molecular weight is 835 g/mol. The summed E-state index contributed by atoms with van der Waals surface area (Å²) in [5.74, 6) is 3.11. The van der Waals surface area contributed by atoms with Crippen LogP contribution in [-0.2, 0) is 22.4 Å². The summed E-state index contributed by atoms with van der Waals surface area (Å²) in [5.41, 5.74) is 3.85. The highest BCUT2D eigenvalue weighted by molar-refractivity contribution is 5.70. The summed E-state index contributed by atoms with van der Waals surface area (Å²) in [6.07, 6.45) is 27.0. The van der Waals surface area contributed by atoms with Gasteiger partial charge in [0.05, 0.1) is 13.2 Å². The molecule has 4 aromatic carbocycles. The molecule has 0 spiro atoms. The van der Waals surface area contributed by atoms with Crippen LogP contribution in [0.15, 0.2) is 84.9 Å². The van der Waals surface area contributed by atoms with Crippen LogP contribution in [0.5, 0.6) is 34.5 Å². The fourth-order valence-electron chi connectivity index (χ4n) is 7.57. The average Bonchev–Trinajstić information content (AvgIpc) is 3.24. The first-order valence-electron chi connectivity index (χ1n) is 23.6. The van der Waals surface area contributed by atoms with Crippen molar-refractivity contribution in [3.8, 4) is 34.5 Å². The van der Waals surface area contributed by atoms with Gasteiger partial charge in [0.1, 0.15) is 34.5 Å². The minimum atomic E-state index is -0.387. The SMILES string of the molecule is CCCCCCCCCCCCOc1ccc(Cc2cc(OC(C)=O)ccc2Oc2ccc(OC(C)=O)cc2Cc2ccc(OCCCCCCCCCCCC)cc2)cc1. The van der Waals surface area contributed by atoms with Crippen molar-refractivity contribution in [1.29, 1.82) is 0 Å². The van der Waals surface area contributed by atoms with E-state index in [0.717, 1.165) is 46.6 Å². The maximum Gasteiger partial charge on any atom is 0.308 e. The van der Waals surface area contributed by atoms with Crippen molar-refractivity contribution < 1.29 is 33.3 Å². The lowest BCUT2D eigenvalue weighted by atomic mass is 10.0. The number of hydrogen-bond acceptors (Lipinski definition) is 7. The Kier molecular flexibility index (Phi) is 23.6. The Balaban J connectivity index is 1.35. The Morgan fingerprint density at radius 2 is 0.705 bits per heavy atom. The standard InChI is InChI=1S/C54H74O7/c1-5-7-9-11-13-15-17-19-21-23-37-57-49-29-25-45(26-30-49)39-47-41-51(59-43(3)55)33-35-53(47)61-54-36-34-52(60-44(4)56)42-48(54)40-46-27-31-50(32-28-46)58-38-24-22-20-18-16-14-12-10-8-6-2/h25-36,41-42H,5-24,37-40H2,1-4H3. The molecule has 4 aromatic rings. The third kappa shape index (κ3) is 20.6. The van der Waals surface area contributed by atoms with Crippen LogP contribution in [0.3, 0.4) is 0 Å². The van der Waals surface area contributed by atoms with Gasteiger partial charge in [-0.3, -0.25) is 9.59 Å². The lowest BCUT2D eigenvalue weighted by Gasteiger charge is -2.17. The largest absolute Gasteiger partial charge is 0.494 e. The molecule has 61 heavy (non-hydrogen) atoms. The quantitative estimate of drug-likeness (QED) is 0.0275. The number of rotatable bonds is 32. The van der Waals surface area contributed by atoms with Crippen LogP contribution in [0.25, 0.3) is 0 Å². The maximum atomic E-state index is 11.9. The number of benzene rings is 4. The first-order valence-corrected chi connectivity index (χ1v) is 23.6. The molecule has 0 unspecified atom stereocenters. The number of hydrogen-bond donors (Lipinski definition) is 0. The van der Waals surface area contributed by atoms with E-state index in [1.54, 1.807) is 12.1 Å². The fourth-order valence-corrected chi connectivity index (χ4v) is 7.57. The highest BCUT2D eigenvalue weighted by Gasteiger charge is 2.15. The number of esters is 2. The van der Waals surface area contributed by atoms with Gasteiger partial charge in [-0.1, -0.05) is 154 Å². The number of unbranched alkanes of at least 4 members (excludes halogenated alkanes) is 18. The van der Waals surface area contributed by atoms with E-state index in [1.165, 1.54) is 129 Å². The molecule has 0 N–H and O–H groups in total. The van der Waals surface area contributed by atoms with E-state index >= 15 is 0 Å². The second-order valence-corrected chi connectivity index (χ2v) is 16.5. The molecule has 0 aliphatic rings. The van der Waals surface area contributed by atoms with Gasteiger partial charge in [-0.25, -0.2) is 0 Å². The predicted molar refractivity (Wildman–Crippen MR) is 249 cm³/mol. The van der Waals surface area contributed by atoms with Crippen LogP contribution < -0.4 is 23.7 Å². The van der Waals surface area contributed by atoms with E-state index in [1.807, 2.05) is 48.5 Å². The highest BCUT2D eigenvalue weighted by Crippen LogP contribution is 2.35. The van der Waals surface area contributed by atoms with Crippen molar-refractivity contribution in [3.63, 3.8) is 0 Å². The molecule has 0 aliphatic heterocycles. The molecule has 0 bridgehead atoms. The molecule has 4 rings (SSSR count). The first-order chi connectivity index (χ1) is 29.8. The van der Waals surface area contributed by atoms with Gasteiger partial charge in [0.2, 0.25) is 0 Å². The fraction of sp³-hybridized carbons (Fsp3) is 0.519. The van der Waals surface area contributed by atoms with E-state index < -0.39 is 0 Å². The summed E-state index contributed by atoms with van der Waals surface area (Å²) in [7, 11) is 0. The molecule has 7 heteroatoms. The van der Waals surface area contributed by atoms with Gasteiger partial charge in [-0.05, 0) is 84.6 Å². The Labute approximate surface area is 367 Å². The van der Waals surface area contributed by atoms with Crippen molar-refractivity contribution in [3.05, 3.63) is 107 Å².